The molecule has 1 aromatic heterocycles. The van der Waals surface area contributed by atoms with E-state index in [-0.39, 0.29) is 16.9 Å². The minimum atomic E-state index is -0.605. The Morgan fingerprint density at radius 3 is 2.86 bits per heavy atom. The van der Waals surface area contributed by atoms with Crippen LogP contribution in [-0.2, 0) is 4.79 Å². The lowest BCUT2D eigenvalue weighted by Crippen LogP contribution is -2.42. The molecule has 0 spiro atoms. The number of nitrogens with one attached hydrogen (secondary N) is 1. The van der Waals surface area contributed by atoms with Crippen LogP contribution in [0.15, 0.2) is 41.2 Å². The van der Waals surface area contributed by atoms with Gasteiger partial charge >= 0.3 is 0 Å². The van der Waals surface area contributed by atoms with Gasteiger partial charge in [0.25, 0.3) is 5.69 Å². The Kier molecular flexibility index (Phi) is 4.49. The van der Waals surface area contributed by atoms with E-state index < -0.39 is 16.9 Å². The number of fused-ring (bicyclic) bond motifs is 2. The van der Waals surface area contributed by atoms with Crippen LogP contribution in [0.3, 0.4) is 0 Å². The average Bonchev–Trinajstić information content (AvgIpc) is 3.01. The fourth-order valence-electron chi connectivity index (χ4n) is 4.01. The summed E-state index contributed by atoms with van der Waals surface area (Å²) in [5.74, 6) is 0.802. The molecule has 0 saturated heterocycles. The summed E-state index contributed by atoms with van der Waals surface area (Å²) in [5.41, 5.74) is 0.916. The second kappa shape index (κ2) is 6.73. The highest BCUT2D eigenvalue weighted by molar-refractivity contribution is 7.99. The third-order valence-electron chi connectivity index (χ3n) is 5.03. The number of allylic oxidation sites excluding steroid dienone is 2. The van der Waals surface area contributed by atoms with Crippen molar-refractivity contribution in [2.24, 2.45) is 11.3 Å². The number of rotatable bonds is 4. The topological polar surface area (TPSA) is 103 Å². The Hall–Kier alpha value is -2.68. The molecule has 8 nitrogen and oxygen atoms in total. The Balaban J connectivity index is 1.94. The predicted octanol–water partition coefficient (Wildman–Crippen LogP) is 3.81. The molecular weight excluding hydrogens is 378 g/mol. The van der Waals surface area contributed by atoms with Crippen molar-refractivity contribution >= 4 is 29.2 Å². The SMILES string of the molecule is CCSc1nc2n(n1)[C@@H](c1ccccc1[N+](=O)[O-])[C@H]1C(=O)CC(C)(C)C=C1N2. The number of Topliss-reactive ketones (excluding diaryl/α,β-unsaturated/α-hetero) is 1. The molecule has 0 unspecified atom stereocenters. The molecule has 2 aromatic rings. The number of hydrogen-bond donors (Lipinski definition) is 1. The summed E-state index contributed by atoms with van der Waals surface area (Å²) in [4.78, 5) is 28.9. The van der Waals surface area contributed by atoms with E-state index in [0.717, 1.165) is 11.4 Å². The van der Waals surface area contributed by atoms with Gasteiger partial charge in [-0.2, -0.15) is 4.98 Å². The van der Waals surface area contributed by atoms with Crippen LogP contribution in [0.2, 0.25) is 0 Å². The second-order valence-electron chi connectivity index (χ2n) is 7.69. The molecule has 0 saturated carbocycles. The van der Waals surface area contributed by atoms with Gasteiger partial charge in [0.1, 0.15) is 11.8 Å². The number of nitro benzene ring substituents is 1. The standard InChI is InChI=1S/C19H21N5O3S/c1-4-28-18-21-17-20-12-9-19(2,3)10-14(25)15(12)16(23(17)22-18)11-7-5-6-8-13(11)24(26)27/h5-9,15-16H,4,10H2,1-3H3,(H,20,21,22)/t15-,16+/m1/s1. The molecular formula is C19H21N5O3S. The van der Waals surface area contributed by atoms with Crippen molar-refractivity contribution in [3.63, 3.8) is 0 Å². The van der Waals surface area contributed by atoms with E-state index in [9.17, 15) is 14.9 Å². The summed E-state index contributed by atoms with van der Waals surface area (Å²) in [6, 6.07) is 5.95. The number of anilines is 1. The Morgan fingerprint density at radius 2 is 2.14 bits per heavy atom. The third-order valence-corrected chi connectivity index (χ3v) is 5.75. The number of nitro groups is 1. The zero-order chi connectivity index (χ0) is 20.1. The Labute approximate surface area is 166 Å². The van der Waals surface area contributed by atoms with Gasteiger partial charge in [-0.1, -0.05) is 50.7 Å². The molecule has 0 amide bonds. The number of ketones is 1. The van der Waals surface area contributed by atoms with Crippen molar-refractivity contribution in [1.82, 2.24) is 14.8 Å². The molecule has 28 heavy (non-hydrogen) atoms. The van der Waals surface area contributed by atoms with Crippen LogP contribution in [0, 0.1) is 21.4 Å². The van der Waals surface area contributed by atoms with Crippen molar-refractivity contribution in [3.05, 3.63) is 51.7 Å². The number of thioether (sulfide) groups is 1. The van der Waals surface area contributed by atoms with Crippen LogP contribution in [0.4, 0.5) is 11.6 Å². The van der Waals surface area contributed by atoms with Gasteiger partial charge in [0.15, 0.2) is 0 Å². The fourth-order valence-corrected chi connectivity index (χ4v) is 4.57. The number of para-hydroxylation sites is 1. The molecule has 0 fully saturated rings. The first-order valence-corrected chi connectivity index (χ1v) is 10.1. The number of benzene rings is 1. The maximum absolute atomic E-state index is 13.1. The van der Waals surface area contributed by atoms with Gasteiger partial charge < -0.3 is 5.32 Å². The molecule has 146 valence electrons. The molecule has 9 heteroatoms. The van der Waals surface area contributed by atoms with Gasteiger partial charge in [-0.3, -0.25) is 14.9 Å². The second-order valence-corrected chi connectivity index (χ2v) is 8.92. The molecule has 0 radical (unpaired) electrons. The minimum Gasteiger partial charge on any atom is -0.328 e. The summed E-state index contributed by atoms with van der Waals surface area (Å²) in [6.45, 7) is 6.02. The smallest absolute Gasteiger partial charge is 0.274 e. The van der Waals surface area contributed by atoms with Gasteiger partial charge in [0.05, 0.1) is 16.4 Å². The highest BCUT2D eigenvalue weighted by Gasteiger charge is 2.46. The van der Waals surface area contributed by atoms with E-state index >= 15 is 0 Å². The lowest BCUT2D eigenvalue weighted by Gasteiger charge is -2.39. The molecule has 1 aliphatic heterocycles. The van der Waals surface area contributed by atoms with E-state index in [4.69, 9.17) is 0 Å². The first kappa shape index (κ1) is 18.7. The summed E-state index contributed by atoms with van der Waals surface area (Å²) >= 11 is 1.49. The van der Waals surface area contributed by atoms with Crippen molar-refractivity contribution < 1.29 is 9.72 Å². The van der Waals surface area contributed by atoms with Crippen LogP contribution < -0.4 is 5.32 Å². The number of hydrogen-bond acceptors (Lipinski definition) is 7. The zero-order valence-corrected chi connectivity index (χ0v) is 16.7. The molecule has 4 rings (SSSR count). The van der Waals surface area contributed by atoms with E-state index in [0.29, 0.717) is 23.1 Å². The van der Waals surface area contributed by atoms with E-state index in [1.165, 1.54) is 17.8 Å². The van der Waals surface area contributed by atoms with E-state index in [1.54, 1.807) is 22.9 Å². The summed E-state index contributed by atoms with van der Waals surface area (Å²) in [5, 5.41) is 20.1. The van der Waals surface area contributed by atoms with Gasteiger partial charge in [0.2, 0.25) is 11.1 Å². The average molecular weight is 399 g/mol. The van der Waals surface area contributed by atoms with Crippen LogP contribution in [0.1, 0.15) is 38.8 Å². The highest BCUT2D eigenvalue weighted by Crippen LogP contribution is 2.47. The van der Waals surface area contributed by atoms with Crippen molar-refractivity contribution in [3.8, 4) is 0 Å². The monoisotopic (exact) mass is 399 g/mol. The lowest BCUT2D eigenvalue weighted by atomic mass is 9.72. The molecule has 0 bridgehead atoms. The van der Waals surface area contributed by atoms with E-state index in [1.807, 2.05) is 26.8 Å². The summed E-state index contributed by atoms with van der Waals surface area (Å²) < 4.78 is 1.64. The van der Waals surface area contributed by atoms with Crippen LogP contribution in [-0.4, -0.2) is 31.2 Å². The number of aromatic nitrogens is 3. The van der Waals surface area contributed by atoms with Gasteiger partial charge in [0, 0.05) is 18.2 Å². The summed E-state index contributed by atoms with van der Waals surface area (Å²) in [7, 11) is 0. The summed E-state index contributed by atoms with van der Waals surface area (Å²) in [6.07, 6.45) is 2.42. The number of carbonyl (C=O) groups excluding carboxylic acids is 1. The van der Waals surface area contributed by atoms with Crippen LogP contribution in [0.5, 0.6) is 0 Å². The first-order valence-electron chi connectivity index (χ1n) is 9.16. The largest absolute Gasteiger partial charge is 0.328 e. The first-order chi connectivity index (χ1) is 13.3. The maximum Gasteiger partial charge on any atom is 0.274 e. The minimum absolute atomic E-state index is 0.0162. The van der Waals surface area contributed by atoms with Crippen molar-refractivity contribution in [2.45, 2.75) is 38.4 Å². The highest BCUT2D eigenvalue weighted by atomic mass is 32.2. The lowest BCUT2D eigenvalue weighted by molar-refractivity contribution is -0.385. The third kappa shape index (κ3) is 3.09. The normalized spacial score (nSPS) is 22.7. The molecule has 1 aliphatic carbocycles. The molecule has 1 N–H and O–H groups in total. The van der Waals surface area contributed by atoms with Crippen molar-refractivity contribution in [2.75, 3.05) is 11.1 Å². The van der Waals surface area contributed by atoms with Crippen molar-refractivity contribution in [1.29, 1.82) is 0 Å². The predicted molar refractivity (Wildman–Crippen MR) is 106 cm³/mol. The van der Waals surface area contributed by atoms with Gasteiger partial charge in [-0.25, -0.2) is 4.68 Å². The quantitative estimate of drug-likeness (QED) is 0.474. The number of nitrogens with zero attached hydrogens (tertiary/aromatic N) is 4. The Morgan fingerprint density at radius 1 is 1.39 bits per heavy atom. The number of carbonyl (C=O) groups is 1. The van der Waals surface area contributed by atoms with Crippen LogP contribution >= 0.6 is 11.8 Å². The Bertz CT molecular complexity index is 997. The molecule has 2 atom stereocenters. The van der Waals surface area contributed by atoms with Crippen LogP contribution in [0.25, 0.3) is 0 Å². The van der Waals surface area contributed by atoms with Gasteiger partial charge in [-0.15, -0.1) is 5.10 Å². The molecule has 2 heterocycles. The maximum atomic E-state index is 13.1. The van der Waals surface area contributed by atoms with Gasteiger partial charge in [-0.05, 0) is 17.2 Å². The molecule has 2 aliphatic rings. The zero-order valence-electron chi connectivity index (χ0n) is 15.9. The molecule has 1 aromatic carbocycles. The fraction of sp³-hybridized carbons (Fsp3) is 0.421. The van der Waals surface area contributed by atoms with E-state index in [2.05, 4.69) is 15.4 Å².